The van der Waals surface area contributed by atoms with Crippen molar-refractivity contribution in [1.29, 1.82) is 0 Å². The first-order valence-electron chi connectivity index (χ1n) is 9.94. The third-order valence-corrected chi connectivity index (χ3v) is 5.58. The Balaban J connectivity index is 1.81. The minimum Gasteiger partial charge on any atom is -0.478 e. The van der Waals surface area contributed by atoms with Crippen molar-refractivity contribution >= 4 is 27.8 Å². The second-order valence-corrected chi connectivity index (χ2v) is 7.55. The molecule has 0 aliphatic heterocycles. The SMILES string of the molecule is Cn1c(=O)[nH]c2nn(Cc3cccc4ccccc34)c(-c3cccc(C(=O)O)c3)c2c1=O. The number of carbonyl (C=O) groups is 1. The first kappa shape index (κ1) is 19.5. The molecule has 0 fully saturated rings. The van der Waals surface area contributed by atoms with Crippen LogP contribution in [0.25, 0.3) is 33.1 Å². The Morgan fingerprint density at radius 3 is 2.59 bits per heavy atom. The van der Waals surface area contributed by atoms with E-state index in [9.17, 15) is 19.5 Å². The molecule has 0 bridgehead atoms. The van der Waals surface area contributed by atoms with E-state index >= 15 is 0 Å². The monoisotopic (exact) mass is 426 g/mol. The Bertz CT molecular complexity index is 1640. The van der Waals surface area contributed by atoms with Crippen LogP contribution < -0.4 is 11.2 Å². The van der Waals surface area contributed by atoms with Crippen molar-refractivity contribution in [3.05, 3.63) is 98.7 Å². The maximum Gasteiger partial charge on any atom is 0.335 e. The molecule has 2 N–H and O–H groups in total. The minimum atomic E-state index is -1.07. The second kappa shape index (κ2) is 7.35. The summed E-state index contributed by atoms with van der Waals surface area (Å²) in [6.45, 7) is 0.327. The Morgan fingerprint density at radius 2 is 1.78 bits per heavy atom. The van der Waals surface area contributed by atoms with E-state index in [0.717, 1.165) is 20.9 Å². The highest BCUT2D eigenvalue weighted by molar-refractivity contribution is 5.94. The lowest BCUT2D eigenvalue weighted by Crippen LogP contribution is -2.32. The lowest BCUT2D eigenvalue weighted by Gasteiger charge is -2.11. The molecule has 8 nitrogen and oxygen atoms in total. The summed E-state index contributed by atoms with van der Waals surface area (Å²) in [5.41, 5.74) is 1.14. The van der Waals surface area contributed by atoms with E-state index in [0.29, 0.717) is 17.8 Å². The zero-order valence-electron chi connectivity index (χ0n) is 17.1. The van der Waals surface area contributed by atoms with Crippen LogP contribution in [-0.2, 0) is 13.6 Å². The molecule has 5 aromatic rings. The van der Waals surface area contributed by atoms with Crippen molar-refractivity contribution in [3.8, 4) is 11.3 Å². The molecule has 2 heterocycles. The number of carboxylic acid groups (broad SMARTS) is 1. The molecule has 0 radical (unpaired) electrons. The van der Waals surface area contributed by atoms with Crippen LogP contribution in [0, 0.1) is 0 Å². The van der Waals surface area contributed by atoms with E-state index in [2.05, 4.69) is 10.1 Å². The molecule has 5 rings (SSSR count). The number of aromatic nitrogens is 4. The lowest BCUT2D eigenvalue weighted by molar-refractivity contribution is 0.0697. The average molecular weight is 426 g/mol. The van der Waals surface area contributed by atoms with Crippen LogP contribution in [0.3, 0.4) is 0 Å². The number of hydrogen-bond acceptors (Lipinski definition) is 4. The quantitative estimate of drug-likeness (QED) is 0.459. The van der Waals surface area contributed by atoms with E-state index in [1.54, 1.807) is 16.8 Å². The number of rotatable bonds is 4. The van der Waals surface area contributed by atoms with Gasteiger partial charge in [-0.15, -0.1) is 0 Å². The topological polar surface area (TPSA) is 110 Å². The molecule has 32 heavy (non-hydrogen) atoms. The van der Waals surface area contributed by atoms with Crippen LogP contribution in [0.15, 0.2) is 76.3 Å². The first-order valence-corrected chi connectivity index (χ1v) is 9.94. The summed E-state index contributed by atoms with van der Waals surface area (Å²) < 4.78 is 2.63. The van der Waals surface area contributed by atoms with Crippen LogP contribution in [0.2, 0.25) is 0 Å². The van der Waals surface area contributed by atoms with Gasteiger partial charge in [0.25, 0.3) is 5.56 Å². The fourth-order valence-corrected chi connectivity index (χ4v) is 4.00. The van der Waals surface area contributed by atoms with Gasteiger partial charge in [0.15, 0.2) is 5.65 Å². The first-order chi connectivity index (χ1) is 15.4. The second-order valence-electron chi connectivity index (χ2n) is 7.55. The van der Waals surface area contributed by atoms with Crippen LogP contribution in [0.5, 0.6) is 0 Å². The molecule has 3 aromatic carbocycles. The fraction of sp³-hybridized carbons (Fsp3) is 0.0833. The molecule has 158 valence electrons. The third-order valence-electron chi connectivity index (χ3n) is 5.58. The molecule has 2 aromatic heterocycles. The highest BCUT2D eigenvalue weighted by Gasteiger charge is 2.20. The van der Waals surface area contributed by atoms with Gasteiger partial charge >= 0.3 is 11.7 Å². The summed E-state index contributed by atoms with van der Waals surface area (Å²) >= 11 is 0. The molecule has 0 aliphatic carbocycles. The Labute approximate surface area is 181 Å². The molecule has 8 heteroatoms. The van der Waals surface area contributed by atoms with E-state index in [-0.39, 0.29) is 16.6 Å². The number of H-pyrrole nitrogens is 1. The highest BCUT2D eigenvalue weighted by atomic mass is 16.4. The summed E-state index contributed by atoms with van der Waals surface area (Å²) in [5, 5.41) is 16.3. The van der Waals surface area contributed by atoms with Gasteiger partial charge in [-0.3, -0.25) is 19.0 Å². The van der Waals surface area contributed by atoms with Crippen molar-refractivity contribution in [3.63, 3.8) is 0 Å². The molecule has 0 saturated carbocycles. The molecular weight excluding hydrogens is 408 g/mol. The van der Waals surface area contributed by atoms with E-state index in [1.165, 1.54) is 19.2 Å². The smallest absolute Gasteiger partial charge is 0.335 e. The van der Waals surface area contributed by atoms with Gasteiger partial charge in [0.1, 0.15) is 5.39 Å². The standard InChI is InChI=1S/C24H18N4O4/c1-27-22(29)19-20(15-8-5-9-16(12-15)23(30)31)28(26-21(19)25-24(27)32)13-17-10-4-7-14-6-2-3-11-18(14)17/h2-12H,13H2,1H3,(H,30,31)(H,25,26,32). The predicted octanol–water partition coefficient (Wildman–Crippen LogP) is 2.99. The number of aromatic carboxylic acids is 1. The summed E-state index contributed by atoms with van der Waals surface area (Å²) in [6, 6.07) is 20.2. The maximum absolute atomic E-state index is 13.0. The van der Waals surface area contributed by atoms with Gasteiger partial charge in [0.05, 0.1) is 17.8 Å². The van der Waals surface area contributed by atoms with Gasteiger partial charge in [-0.2, -0.15) is 5.10 Å². The number of hydrogen-bond donors (Lipinski definition) is 2. The van der Waals surface area contributed by atoms with E-state index in [4.69, 9.17) is 0 Å². The normalized spacial score (nSPS) is 11.3. The van der Waals surface area contributed by atoms with Gasteiger partial charge in [0.2, 0.25) is 0 Å². The van der Waals surface area contributed by atoms with Crippen molar-refractivity contribution in [1.82, 2.24) is 19.3 Å². The minimum absolute atomic E-state index is 0.0924. The molecule has 0 saturated heterocycles. The van der Waals surface area contributed by atoms with Crippen molar-refractivity contribution in [2.24, 2.45) is 7.05 Å². The average Bonchev–Trinajstić information content (AvgIpc) is 3.15. The summed E-state index contributed by atoms with van der Waals surface area (Å²) in [7, 11) is 1.39. The molecule has 0 atom stereocenters. The lowest BCUT2D eigenvalue weighted by atomic mass is 10.0. The van der Waals surface area contributed by atoms with Crippen LogP contribution in [0.4, 0.5) is 0 Å². The summed E-state index contributed by atoms with van der Waals surface area (Å²) in [5.74, 6) is -1.07. The van der Waals surface area contributed by atoms with E-state index < -0.39 is 17.2 Å². The molecule has 0 unspecified atom stereocenters. The molecule has 0 spiro atoms. The predicted molar refractivity (Wildman–Crippen MR) is 121 cm³/mol. The summed E-state index contributed by atoms with van der Waals surface area (Å²) in [4.78, 5) is 39.4. The number of aromatic amines is 1. The Hall–Kier alpha value is -4.46. The molecular formula is C24H18N4O4. The van der Waals surface area contributed by atoms with Crippen molar-refractivity contribution in [2.75, 3.05) is 0 Å². The largest absolute Gasteiger partial charge is 0.478 e. The Morgan fingerprint density at radius 1 is 1.03 bits per heavy atom. The highest BCUT2D eigenvalue weighted by Crippen LogP contribution is 2.28. The van der Waals surface area contributed by atoms with Crippen molar-refractivity contribution in [2.45, 2.75) is 6.54 Å². The van der Waals surface area contributed by atoms with Gasteiger partial charge in [-0.25, -0.2) is 9.59 Å². The maximum atomic E-state index is 13.0. The van der Waals surface area contributed by atoms with Gasteiger partial charge in [0, 0.05) is 12.6 Å². The van der Waals surface area contributed by atoms with Gasteiger partial charge in [-0.1, -0.05) is 54.6 Å². The number of fused-ring (bicyclic) bond motifs is 2. The zero-order valence-corrected chi connectivity index (χ0v) is 17.1. The number of nitrogens with zero attached hydrogens (tertiary/aromatic N) is 3. The number of nitrogens with one attached hydrogen (secondary N) is 1. The summed E-state index contributed by atoms with van der Waals surface area (Å²) in [6.07, 6.45) is 0. The van der Waals surface area contributed by atoms with E-state index in [1.807, 2.05) is 42.5 Å². The van der Waals surface area contributed by atoms with Crippen LogP contribution in [-0.4, -0.2) is 30.4 Å². The molecule has 0 aliphatic rings. The van der Waals surface area contributed by atoms with Gasteiger partial charge in [-0.05, 0) is 28.5 Å². The third kappa shape index (κ3) is 3.09. The molecule has 0 amide bonds. The van der Waals surface area contributed by atoms with Crippen molar-refractivity contribution < 1.29 is 9.90 Å². The zero-order chi connectivity index (χ0) is 22.4. The van der Waals surface area contributed by atoms with Crippen LogP contribution >= 0.6 is 0 Å². The van der Waals surface area contributed by atoms with Crippen LogP contribution in [0.1, 0.15) is 15.9 Å². The Kier molecular flexibility index (Phi) is 4.48. The van der Waals surface area contributed by atoms with Gasteiger partial charge < -0.3 is 5.11 Å². The number of benzene rings is 3. The number of carboxylic acids is 1. The fourth-order valence-electron chi connectivity index (χ4n) is 4.00.